The lowest BCUT2D eigenvalue weighted by atomic mass is 9.82. The van der Waals surface area contributed by atoms with Crippen LogP contribution in [0.3, 0.4) is 0 Å². The van der Waals surface area contributed by atoms with Crippen molar-refractivity contribution >= 4 is 16.9 Å². The van der Waals surface area contributed by atoms with Gasteiger partial charge in [-0.15, -0.1) is 0 Å². The van der Waals surface area contributed by atoms with E-state index in [0.717, 1.165) is 36.2 Å². The summed E-state index contributed by atoms with van der Waals surface area (Å²) in [6.07, 6.45) is 2.28. The first kappa shape index (κ1) is 20.4. The second-order valence-electron chi connectivity index (χ2n) is 7.85. The number of para-hydroxylation sites is 1. The van der Waals surface area contributed by atoms with Gasteiger partial charge < -0.3 is 10.1 Å². The van der Waals surface area contributed by atoms with Gasteiger partial charge in [0.25, 0.3) is 0 Å². The Morgan fingerprint density at radius 3 is 2.70 bits per heavy atom. The summed E-state index contributed by atoms with van der Waals surface area (Å²) in [5.41, 5.74) is 2.94. The third-order valence-corrected chi connectivity index (χ3v) is 5.82. The van der Waals surface area contributed by atoms with E-state index in [-0.39, 0.29) is 11.7 Å². The molecule has 0 unspecified atom stereocenters. The molecule has 1 aliphatic heterocycles. The van der Waals surface area contributed by atoms with Gasteiger partial charge in [0.15, 0.2) is 0 Å². The van der Waals surface area contributed by atoms with Crippen LogP contribution in [0, 0.1) is 11.7 Å². The summed E-state index contributed by atoms with van der Waals surface area (Å²) in [7, 11) is 1.37. The van der Waals surface area contributed by atoms with E-state index in [0.29, 0.717) is 35.7 Å². The molecule has 3 aromatic rings. The van der Waals surface area contributed by atoms with Crippen molar-refractivity contribution in [3.05, 3.63) is 70.9 Å². The first-order valence-corrected chi connectivity index (χ1v) is 10.4. The Hall–Kier alpha value is -2.86. The number of rotatable bonds is 7. The number of hydrogen-bond donors (Lipinski definition) is 1. The molecule has 0 radical (unpaired) electrons. The summed E-state index contributed by atoms with van der Waals surface area (Å²) in [4.78, 5) is 21.7. The molecule has 0 aliphatic carbocycles. The smallest absolute Gasteiger partial charge is 0.340 e. The monoisotopic (exact) mass is 407 g/mol. The number of aryl methyl sites for hydroxylation is 1. The summed E-state index contributed by atoms with van der Waals surface area (Å²) in [5.74, 6) is 0.769. The molecule has 0 saturated carbocycles. The molecular weight excluding hydrogens is 381 g/mol. The molecule has 5 nitrogen and oxygen atoms in total. The molecule has 1 fully saturated rings. The van der Waals surface area contributed by atoms with Gasteiger partial charge in [-0.3, -0.25) is 0 Å². The van der Waals surface area contributed by atoms with Gasteiger partial charge >= 0.3 is 5.97 Å². The molecule has 4 rings (SSSR count). The minimum atomic E-state index is -0.408. The average molecular weight is 407 g/mol. The number of carbonyl (C=O) groups excluding carboxylic acids is 1. The molecular formula is C24H26FN3O2. The van der Waals surface area contributed by atoms with E-state index < -0.39 is 5.97 Å². The Kier molecular flexibility index (Phi) is 6.04. The van der Waals surface area contributed by atoms with Gasteiger partial charge in [-0.25, -0.2) is 19.2 Å². The fourth-order valence-corrected chi connectivity index (χ4v) is 4.10. The van der Waals surface area contributed by atoms with Crippen molar-refractivity contribution in [2.24, 2.45) is 5.92 Å². The van der Waals surface area contributed by atoms with Gasteiger partial charge in [0.05, 0.1) is 23.9 Å². The van der Waals surface area contributed by atoms with Crippen LogP contribution in [-0.2, 0) is 17.6 Å². The Bertz CT molecular complexity index is 1070. The molecule has 0 amide bonds. The number of halogens is 1. The highest BCUT2D eigenvalue weighted by Gasteiger charge is 2.25. The summed E-state index contributed by atoms with van der Waals surface area (Å²) in [6.45, 7) is 3.97. The highest BCUT2D eigenvalue weighted by molar-refractivity contribution is 6.03. The normalized spacial score (nSPS) is 15.0. The van der Waals surface area contributed by atoms with Crippen LogP contribution in [0.1, 0.15) is 46.7 Å². The van der Waals surface area contributed by atoms with Crippen LogP contribution in [0.4, 0.5) is 4.39 Å². The molecule has 1 atom stereocenters. The van der Waals surface area contributed by atoms with E-state index in [1.54, 1.807) is 18.2 Å². The lowest BCUT2D eigenvalue weighted by molar-refractivity contribution is 0.0602. The Balaban J connectivity index is 1.78. The molecule has 0 bridgehead atoms. The summed E-state index contributed by atoms with van der Waals surface area (Å²) in [5, 5.41) is 4.17. The molecule has 30 heavy (non-hydrogen) atoms. The third kappa shape index (κ3) is 4.19. The quantitative estimate of drug-likeness (QED) is 0.599. The molecule has 1 aliphatic rings. The molecule has 1 N–H and O–H groups in total. The maximum atomic E-state index is 14.0. The van der Waals surface area contributed by atoms with Crippen molar-refractivity contribution in [2.75, 3.05) is 20.2 Å². The summed E-state index contributed by atoms with van der Waals surface area (Å²) >= 11 is 0. The number of esters is 1. The lowest BCUT2D eigenvalue weighted by Gasteiger charge is -2.31. The first-order valence-electron chi connectivity index (χ1n) is 10.4. The molecule has 2 aromatic carbocycles. The fourth-order valence-electron chi connectivity index (χ4n) is 4.10. The minimum absolute atomic E-state index is 0.136. The molecule has 1 aromatic heterocycles. The van der Waals surface area contributed by atoms with Gasteiger partial charge in [-0.2, -0.15) is 0 Å². The largest absolute Gasteiger partial charge is 0.465 e. The topological polar surface area (TPSA) is 64.1 Å². The zero-order chi connectivity index (χ0) is 21.1. The minimum Gasteiger partial charge on any atom is -0.465 e. The number of hydrogen-bond acceptors (Lipinski definition) is 5. The van der Waals surface area contributed by atoms with Gasteiger partial charge in [0.1, 0.15) is 11.6 Å². The molecule has 156 valence electrons. The number of nitrogens with one attached hydrogen (secondary N) is 1. The molecule has 6 heteroatoms. The van der Waals surface area contributed by atoms with E-state index in [2.05, 4.69) is 10.3 Å². The van der Waals surface area contributed by atoms with Crippen LogP contribution in [0.2, 0.25) is 0 Å². The van der Waals surface area contributed by atoms with Crippen LogP contribution in [0.15, 0.2) is 42.5 Å². The number of nitrogens with zero attached hydrogens (tertiary/aromatic N) is 2. The number of methoxy groups -OCH3 is 1. The predicted octanol–water partition coefficient (Wildman–Crippen LogP) is 4.05. The van der Waals surface area contributed by atoms with Crippen molar-refractivity contribution in [2.45, 2.75) is 32.1 Å². The molecule has 0 spiro atoms. The van der Waals surface area contributed by atoms with Crippen molar-refractivity contribution < 1.29 is 13.9 Å². The fraction of sp³-hybridized carbons (Fsp3) is 0.375. The summed E-state index contributed by atoms with van der Waals surface area (Å²) in [6, 6.07) is 12.4. The lowest BCUT2D eigenvalue weighted by Crippen LogP contribution is -2.42. The second-order valence-corrected chi connectivity index (χ2v) is 7.85. The Morgan fingerprint density at radius 2 is 2.03 bits per heavy atom. The van der Waals surface area contributed by atoms with Crippen LogP contribution >= 0.6 is 0 Å². The van der Waals surface area contributed by atoms with E-state index in [4.69, 9.17) is 9.72 Å². The highest BCUT2D eigenvalue weighted by Crippen LogP contribution is 2.32. The number of benzene rings is 2. The van der Waals surface area contributed by atoms with Crippen LogP contribution in [0.25, 0.3) is 10.9 Å². The third-order valence-electron chi connectivity index (χ3n) is 5.82. The van der Waals surface area contributed by atoms with Crippen molar-refractivity contribution in [1.82, 2.24) is 15.3 Å². The van der Waals surface area contributed by atoms with Crippen molar-refractivity contribution in [3.8, 4) is 0 Å². The number of carbonyl (C=O) groups is 1. The number of ether oxygens (including phenoxy) is 1. The second kappa shape index (κ2) is 8.88. The van der Waals surface area contributed by atoms with E-state index >= 15 is 0 Å². The predicted molar refractivity (Wildman–Crippen MR) is 114 cm³/mol. The Morgan fingerprint density at radius 1 is 1.23 bits per heavy atom. The van der Waals surface area contributed by atoms with Crippen molar-refractivity contribution in [1.29, 1.82) is 0 Å². The molecule has 2 heterocycles. The SMILES string of the molecule is CCc1nc(C[C@H](CC2CNC2)c2cccc(F)c2)c2cccc(C(=O)OC)c2n1. The van der Waals surface area contributed by atoms with Gasteiger partial charge in [0.2, 0.25) is 0 Å². The maximum Gasteiger partial charge on any atom is 0.340 e. The average Bonchev–Trinajstić information content (AvgIpc) is 2.74. The first-order chi connectivity index (χ1) is 14.6. The van der Waals surface area contributed by atoms with E-state index in [9.17, 15) is 9.18 Å². The van der Waals surface area contributed by atoms with Crippen LogP contribution in [0.5, 0.6) is 0 Å². The van der Waals surface area contributed by atoms with Crippen LogP contribution in [-0.4, -0.2) is 36.1 Å². The van der Waals surface area contributed by atoms with Crippen LogP contribution < -0.4 is 5.32 Å². The summed E-state index contributed by atoms with van der Waals surface area (Å²) < 4.78 is 18.9. The maximum absolute atomic E-state index is 14.0. The van der Waals surface area contributed by atoms with Gasteiger partial charge in [0, 0.05) is 11.8 Å². The Labute approximate surface area is 175 Å². The van der Waals surface area contributed by atoms with Gasteiger partial charge in [-0.05, 0) is 61.5 Å². The zero-order valence-corrected chi connectivity index (χ0v) is 17.3. The van der Waals surface area contributed by atoms with E-state index in [1.165, 1.54) is 13.2 Å². The zero-order valence-electron chi connectivity index (χ0n) is 17.3. The van der Waals surface area contributed by atoms with E-state index in [1.807, 2.05) is 25.1 Å². The highest BCUT2D eigenvalue weighted by atomic mass is 19.1. The molecule has 1 saturated heterocycles. The number of aromatic nitrogens is 2. The van der Waals surface area contributed by atoms with Crippen molar-refractivity contribution in [3.63, 3.8) is 0 Å². The number of fused-ring (bicyclic) bond motifs is 1. The van der Waals surface area contributed by atoms with Gasteiger partial charge in [-0.1, -0.05) is 31.2 Å². The standard InChI is InChI=1S/C24H26FN3O2/c1-3-22-27-21(19-8-5-9-20(23(19)28-22)24(29)30-2)12-17(10-15-13-26-14-15)16-6-4-7-18(25)11-16/h4-9,11,15,17,26H,3,10,12-14H2,1-2H3/t17-/m0/s1.